The van der Waals surface area contributed by atoms with Gasteiger partial charge in [0.15, 0.2) is 0 Å². The monoisotopic (exact) mass is 706 g/mol. The minimum Gasteiger partial charge on any atom is -0.390 e. The minimum absolute atomic E-state index is 0.0839. The Hall–Kier alpha value is -2.49. The number of aliphatic hydroxyl groups excluding tert-OH is 1. The van der Waals surface area contributed by atoms with Gasteiger partial charge in [0.2, 0.25) is 10.0 Å². The van der Waals surface area contributed by atoms with E-state index in [2.05, 4.69) is 26.9 Å². The number of aliphatic hydroxyl groups is 1. The number of likely N-dealkylation sites (tertiary alicyclic amines) is 2. The van der Waals surface area contributed by atoms with Gasteiger partial charge in [-0.05, 0) is 87.6 Å². The number of thioether (sulfide) groups is 1. The van der Waals surface area contributed by atoms with E-state index in [1.54, 1.807) is 10.7 Å². The van der Waals surface area contributed by atoms with E-state index in [1.807, 2.05) is 12.4 Å². The predicted molar refractivity (Wildman–Crippen MR) is 181 cm³/mol. The number of alkyl halides is 3. The first-order chi connectivity index (χ1) is 23.0. The van der Waals surface area contributed by atoms with Crippen molar-refractivity contribution in [2.24, 2.45) is 0 Å². The maximum atomic E-state index is 14.1. The second kappa shape index (κ2) is 15.2. The highest BCUT2D eigenvalue weighted by molar-refractivity contribution is 7.99. The number of piperidine rings is 2. The topological polar surface area (TPSA) is 94.8 Å². The quantitative estimate of drug-likeness (QED) is 0.276. The van der Waals surface area contributed by atoms with E-state index in [9.17, 15) is 26.7 Å². The van der Waals surface area contributed by atoms with Crippen molar-refractivity contribution in [3.8, 4) is 11.3 Å². The Morgan fingerprint density at radius 1 is 0.979 bits per heavy atom. The molecule has 6 rings (SSSR count). The van der Waals surface area contributed by atoms with Crippen LogP contribution in [-0.4, -0.2) is 106 Å². The van der Waals surface area contributed by atoms with Crippen molar-refractivity contribution in [1.29, 1.82) is 0 Å². The fourth-order valence-corrected chi connectivity index (χ4v) is 9.17. The molecule has 48 heavy (non-hydrogen) atoms. The first kappa shape index (κ1) is 35.3. The Morgan fingerprint density at radius 3 is 2.40 bits per heavy atom. The van der Waals surface area contributed by atoms with Gasteiger partial charge in [-0.15, -0.1) is 11.8 Å². The van der Waals surface area contributed by atoms with Gasteiger partial charge in [-0.1, -0.05) is 12.5 Å². The lowest BCUT2D eigenvalue weighted by atomic mass is 9.90. The zero-order chi connectivity index (χ0) is 33.9. The summed E-state index contributed by atoms with van der Waals surface area (Å²) in [5.41, 5.74) is 3.09. The van der Waals surface area contributed by atoms with E-state index in [4.69, 9.17) is 5.10 Å². The van der Waals surface area contributed by atoms with Crippen LogP contribution in [0.2, 0.25) is 0 Å². The van der Waals surface area contributed by atoms with Gasteiger partial charge in [-0.2, -0.15) is 22.6 Å². The number of hydrogen-bond acceptors (Lipinski definition) is 8. The minimum atomic E-state index is -4.51. The Morgan fingerprint density at radius 2 is 1.71 bits per heavy atom. The first-order valence-electron chi connectivity index (χ1n) is 16.9. The molecule has 2 fully saturated rings. The standard InChI is InChI=1S/C34H45F3N6O3S2/c1-48(45,46)42-18-11-31-29(24-42)33(27-5-6-30(34(35,36)37)32(21-27)47-20-19-40-14-3-2-4-15-40)39-43(31)23-28(44)22-41-16-9-26(10-17-41)25-7-12-38-13-8-25/h5-8,12-13,21,26,28,44H,2-4,9-11,14-20,22-24H2,1H3. The average Bonchev–Trinajstić information content (AvgIpc) is 3.42. The highest BCUT2D eigenvalue weighted by Crippen LogP contribution is 2.40. The fourth-order valence-electron chi connectivity index (χ4n) is 7.26. The van der Waals surface area contributed by atoms with Crippen LogP contribution in [0.25, 0.3) is 11.3 Å². The van der Waals surface area contributed by atoms with Crippen molar-refractivity contribution in [1.82, 2.24) is 28.9 Å². The van der Waals surface area contributed by atoms with Crippen LogP contribution < -0.4 is 0 Å². The molecule has 1 aromatic carbocycles. The van der Waals surface area contributed by atoms with Crippen molar-refractivity contribution in [3.05, 3.63) is 65.1 Å². The van der Waals surface area contributed by atoms with Crippen molar-refractivity contribution in [3.63, 3.8) is 0 Å². The largest absolute Gasteiger partial charge is 0.417 e. The molecule has 1 atom stereocenters. The lowest BCUT2D eigenvalue weighted by Gasteiger charge is -2.33. The van der Waals surface area contributed by atoms with Gasteiger partial charge in [0, 0.05) is 72.5 Å². The van der Waals surface area contributed by atoms with Crippen LogP contribution in [0.1, 0.15) is 60.4 Å². The number of sulfonamides is 1. The Kier molecular flexibility index (Phi) is 11.2. The zero-order valence-electron chi connectivity index (χ0n) is 27.4. The number of fused-ring (bicyclic) bond motifs is 1. The number of pyridine rings is 1. The summed E-state index contributed by atoms with van der Waals surface area (Å²) in [5.74, 6) is 1.00. The lowest BCUT2D eigenvalue weighted by Crippen LogP contribution is -2.40. The average molecular weight is 707 g/mol. The Bertz CT molecular complexity index is 1640. The van der Waals surface area contributed by atoms with Crippen molar-refractivity contribution in [2.75, 3.05) is 57.8 Å². The van der Waals surface area contributed by atoms with Crippen LogP contribution in [0.15, 0.2) is 47.6 Å². The smallest absolute Gasteiger partial charge is 0.390 e. The molecule has 2 saturated heterocycles. The lowest BCUT2D eigenvalue weighted by molar-refractivity contribution is -0.139. The summed E-state index contributed by atoms with van der Waals surface area (Å²) in [6.07, 6.45) is 5.39. The van der Waals surface area contributed by atoms with Crippen LogP contribution in [0.5, 0.6) is 0 Å². The first-order valence-corrected chi connectivity index (χ1v) is 19.7. The van der Waals surface area contributed by atoms with Gasteiger partial charge in [0.05, 0.1) is 30.2 Å². The Balaban J connectivity index is 1.21. The van der Waals surface area contributed by atoms with Gasteiger partial charge in [0.25, 0.3) is 0 Å². The molecule has 1 unspecified atom stereocenters. The van der Waals surface area contributed by atoms with Gasteiger partial charge in [-0.25, -0.2) is 8.42 Å². The number of β-amino-alcohol motifs (C(OH)–C–C–N with tert-alkyl or cyclic N) is 1. The molecule has 0 aliphatic carbocycles. The normalized spacial score (nSPS) is 19.8. The fraction of sp³-hybridized carbons (Fsp3) is 0.588. The number of aromatic nitrogens is 3. The van der Waals surface area contributed by atoms with E-state index in [0.717, 1.165) is 70.2 Å². The molecule has 0 amide bonds. The highest BCUT2D eigenvalue weighted by atomic mass is 32.2. The molecule has 3 aromatic rings. The molecule has 0 bridgehead atoms. The number of rotatable bonds is 11. The number of benzene rings is 1. The Labute approximate surface area is 285 Å². The molecule has 1 N–H and O–H groups in total. The molecule has 0 radical (unpaired) electrons. The molecule has 5 heterocycles. The van der Waals surface area contributed by atoms with E-state index >= 15 is 0 Å². The summed E-state index contributed by atoms with van der Waals surface area (Å²) in [6, 6.07) is 8.23. The maximum absolute atomic E-state index is 14.1. The molecule has 262 valence electrons. The molecule has 0 saturated carbocycles. The van der Waals surface area contributed by atoms with Gasteiger partial charge in [-0.3, -0.25) is 9.67 Å². The molecule has 3 aliphatic rings. The second-order valence-electron chi connectivity index (χ2n) is 13.3. The van der Waals surface area contributed by atoms with Crippen molar-refractivity contribution >= 4 is 21.8 Å². The summed E-state index contributed by atoms with van der Waals surface area (Å²) in [7, 11) is -3.50. The SMILES string of the molecule is CS(=O)(=O)N1CCc2c(c(-c3ccc(C(F)(F)F)c(SCCN4CCCCC4)c3)nn2CC(O)CN2CCC(c3ccncc3)CC2)C1. The van der Waals surface area contributed by atoms with E-state index in [1.165, 1.54) is 40.4 Å². The molecule has 14 heteroatoms. The predicted octanol–water partition coefficient (Wildman–Crippen LogP) is 5.10. The summed E-state index contributed by atoms with van der Waals surface area (Å²) in [6.45, 7) is 5.44. The molecular weight excluding hydrogens is 662 g/mol. The summed E-state index contributed by atoms with van der Waals surface area (Å²) in [4.78, 5) is 8.82. The molecule has 0 spiro atoms. The summed E-state index contributed by atoms with van der Waals surface area (Å²) >= 11 is 1.20. The second-order valence-corrected chi connectivity index (χ2v) is 16.4. The van der Waals surface area contributed by atoms with Crippen LogP contribution in [0.4, 0.5) is 13.2 Å². The number of halogens is 3. The van der Waals surface area contributed by atoms with Gasteiger partial charge >= 0.3 is 6.18 Å². The number of hydrogen-bond donors (Lipinski definition) is 1. The van der Waals surface area contributed by atoms with Crippen LogP contribution in [-0.2, 0) is 35.7 Å². The van der Waals surface area contributed by atoms with Gasteiger partial charge < -0.3 is 14.9 Å². The van der Waals surface area contributed by atoms with E-state index < -0.39 is 27.9 Å². The summed E-state index contributed by atoms with van der Waals surface area (Å²) < 4.78 is 70.6. The van der Waals surface area contributed by atoms with Crippen LogP contribution in [0, 0.1) is 0 Å². The molecule has 9 nitrogen and oxygen atoms in total. The third-order valence-corrected chi connectivity index (χ3v) is 12.1. The van der Waals surface area contributed by atoms with Crippen LogP contribution in [0.3, 0.4) is 0 Å². The highest BCUT2D eigenvalue weighted by Gasteiger charge is 2.35. The molecular formula is C34H45F3N6O3S2. The number of nitrogens with zero attached hydrogens (tertiary/aromatic N) is 6. The molecule has 2 aromatic heterocycles. The van der Waals surface area contributed by atoms with E-state index in [0.29, 0.717) is 41.5 Å². The zero-order valence-corrected chi connectivity index (χ0v) is 29.0. The molecule has 3 aliphatic heterocycles. The summed E-state index contributed by atoms with van der Waals surface area (Å²) in [5, 5.41) is 16.1. The van der Waals surface area contributed by atoms with Gasteiger partial charge in [0.1, 0.15) is 0 Å². The third-order valence-electron chi connectivity index (χ3n) is 9.86. The third kappa shape index (κ3) is 8.62. The van der Waals surface area contributed by atoms with E-state index in [-0.39, 0.29) is 24.5 Å². The van der Waals surface area contributed by atoms with Crippen LogP contribution >= 0.6 is 11.8 Å². The van der Waals surface area contributed by atoms with Crippen molar-refractivity contribution in [2.45, 2.75) is 74.7 Å². The maximum Gasteiger partial charge on any atom is 0.417 e. The van der Waals surface area contributed by atoms with Crippen molar-refractivity contribution < 1.29 is 26.7 Å².